The van der Waals surface area contributed by atoms with Crippen LogP contribution in [-0.2, 0) is 16.6 Å². The van der Waals surface area contributed by atoms with Gasteiger partial charge in [0.05, 0.1) is 6.61 Å². The van der Waals surface area contributed by atoms with Crippen molar-refractivity contribution in [2.75, 3.05) is 18.5 Å². The van der Waals surface area contributed by atoms with Gasteiger partial charge in [-0.25, -0.2) is 4.98 Å². The number of aromatic nitrogens is 2. The summed E-state index contributed by atoms with van der Waals surface area (Å²) in [5.41, 5.74) is 0.799. The SMILES string of the molecule is Cn1ccnc1C(=O)c1ccc(NC(=O)C(=O)NCCO)cc1. The Bertz CT molecular complexity index is 721. The van der Waals surface area contributed by atoms with Gasteiger partial charge in [0.25, 0.3) is 0 Å². The summed E-state index contributed by atoms with van der Waals surface area (Å²) in [5.74, 6) is -1.62. The Labute approximate surface area is 132 Å². The second-order valence-electron chi connectivity index (χ2n) is 4.70. The van der Waals surface area contributed by atoms with E-state index in [1.807, 2.05) is 0 Å². The molecule has 2 rings (SSSR count). The van der Waals surface area contributed by atoms with Crippen LogP contribution in [0.3, 0.4) is 0 Å². The van der Waals surface area contributed by atoms with Crippen LogP contribution >= 0.6 is 0 Å². The van der Waals surface area contributed by atoms with Crippen molar-refractivity contribution in [3.8, 4) is 0 Å². The quantitative estimate of drug-likeness (QED) is 0.518. The van der Waals surface area contributed by atoms with Crippen LogP contribution < -0.4 is 10.6 Å². The molecular weight excluding hydrogens is 300 g/mol. The van der Waals surface area contributed by atoms with Gasteiger partial charge in [-0.15, -0.1) is 0 Å². The third kappa shape index (κ3) is 4.01. The van der Waals surface area contributed by atoms with E-state index < -0.39 is 11.8 Å². The molecule has 0 unspecified atom stereocenters. The molecule has 0 aliphatic carbocycles. The molecule has 23 heavy (non-hydrogen) atoms. The summed E-state index contributed by atoms with van der Waals surface area (Å²) < 4.78 is 1.61. The number of aliphatic hydroxyl groups excluding tert-OH is 1. The molecule has 120 valence electrons. The van der Waals surface area contributed by atoms with E-state index in [-0.39, 0.29) is 18.9 Å². The van der Waals surface area contributed by atoms with E-state index in [1.165, 1.54) is 30.5 Å². The number of rotatable bonds is 5. The number of hydrogen-bond acceptors (Lipinski definition) is 5. The zero-order chi connectivity index (χ0) is 16.8. The second kappa shape index (κ2) is 7.32. The van der Waals surface area contributed by atoms with Crippen LogP contribution in [0.5, 0.6) is 0 Å². The molecule has 0 fully saturated rings. The highest BCUT2D eigenvalue weighted by atomic mass is 16.3. The fourth-order valence-corrected chi connectivity index (χ4v) is 1.86. The Morgan fingerprint density at radius 3 is 2.43 bits per heavy atom. The highest BCUT2D eigenvalue weighted by Gasteiger charge is 2.15. The Kier molecular flexibility index (Phi) is 5.21. The van der Waals surface area contributed by atoms with Gasteiger partial charge in [-0.05, 0) is 24.3 Å². The molecule has 0 bridgehead atoms. The molecular formula is C15H16N4O4. The van der Waals surface area contributed by atoms with Crippen molar-refractivity contribution in [3.05, 3.63) is 48.0 Å². The normalized spacial score (nSPS) is 10.2. The van der Waals surface area contributed by atoms with E-state index in [0.29, 0.717) is 17.1 Å². The number of nitrogens with zero attached hydrogens (tertiary/aromatic N) is 2. The molecule has 0 saturated carbocycles. The fraction of sp³-hybridized carbons (Fsp3) is 0.200. The van der Waals surface area contributed by atoms with E-state index in [0.717, 1.165) is 0 Å². The number of amides is 2. The Hall–Kier alpha value is -3.00. The summed E-state index contributed by atoms with van der Waals surface area (Å²) in [6, 6.07) is 6.12. The molecule has 1 aromatic heterocycles. The molecule has 0 saturated heterocycles. The number of carbonyl (C=O) groups excluding carboxylic acids is 3. The molecule has 2 amide bonds. The summed E-state index contributed by atoms with van der Waals surface area (Å²) in [4.78, 5) is 39.2. The minimum absolute atomic E-state index is 0.00333. The minimum Gasteiger partial charge on any atom is -0.395 e. The molecule has 2 aromatic rings. The number of ketones is 1. The highest BCUT2D eigenvalue weighted by molar-refractivity contribution is 6.39. The average molecular weight is 316 g/mol. The van der Waals surface area contributed by atoms with Crippen LogP contribution in [0.15, 0.2) is 36.7 Å². The fourth-order valence-electron chi connectivity index (χ4n) is 1.86. The maximum absolute atomic E-state index is 12.2. The molecule has 0 spiro atoms. The van der Waals surface area contributed by atoms with Crippen LogP contribution in [0, 0.1) is 0 Å². The third-order valence-corrected chi connectivity index (χ3v) is 3.03. The van der Waals surface area contributed by atoms with E-state index in [1.54, 1.807) is 17.8 Å². The molecule has 8 heteroatoms. The van der Waals surface area contributed by atoms with Gasteiger partial charge in [0.15, 0.2) is 5.82 Å². The highest BCUT2D eigenvalue weighted by Crippen LogP contribution is 2.12. The van der Waals surface area contributed by atoms with Crippen LogP contribution in [0.25, 0.3) is 0 Å². The van der Waals surface area contributed by atoms with E-state index in [9.17, 15) is 14.4 Å². The first-order chi connectivity index (χ1) is 11.0. The lowest BCUT2D eigenvalue weighted by Gasteiger charge is -2.06. The number of hydrogen-bond donors (Lipinski definition) is 3. The van der Waals surface area contributed by atoms with Gasteiger partial charge in [-0.3, -0.25) is 14.4 Å². The number of nitrogens with one attached hydrogen (secondary N) is 2. The van der Waals surface area contributed by atoms with Gasteiger partial charge < -0.3 is 20.3 Å². The Morgan fingerprint density at radius 2 is 1.87 bits per heavy atom. The molecule has 0 aliphatic rings. The van der Waals surface area contributed by atoms with Crippen molar-refractivity contribution in [2.45, 2.75) is 0 Å². The summed E-state index contributed by atoms with van der Waals surface area (Å²) in [6.45, 7) is -0.244. The second-order valence-corrected chi connectivity index (χ2v) is 4.70. The predicted octanol–water partition coefficient (Wildman–Crippen LogP) is -0.302. The smallest absolute Gasteiger partial charge is 0.313 e. The molecule has 1 heterocycles. The maximum Gasteiger partial charge on any atom is 0.313 e. The molecule has 1 aromatic carbocycles. The Morgan fingerprint density at radius 1 is 1.17 bits per heavy atom. The first kappa shape index (κ1) is 16.4. The van der Waals surface area contributed by atoms with Crippen molar-refractivity contribution in [2.24, 2.45) is 7.05 Å². The van der Waals surface area contributed by atoms with Gasteiger partial charge in [0.1, 0.15) is 0 Å². The van der Waals surface area contributed by atoms with Crippen LogP contribution in [-0.4, -0.2) is 45.4 Å². The monoisotopic (exact) mass is 316 g/mol. The molecule has 0 aliphatic heterocycles. The third-order valence-electron chi connectivity index (χ3n) is 3.03. The zero-order valence-corrected chi connectivity index (χ0v) is 12.4. The van der Waals surface area contributed by atoms with Gasteiger partial charge >= 0.3 is 11.8 Å². The number of imidazole rings is 1. The van der Waals surface area contributed by atoms with E-state index >= 15 is 0 Å². The standard InChI is InChI=1S/C15H16N4O4/c1-19-8-6-16-13(19)12(21)10-2-4-11(5-3-10)18-15(23)14(22)17-7-9-20/h2-6,8,20H,7,9H2,1H3,(H,17,22)(H,18,23). The van der Waals surface area contributed by atoms with E-state index in [2.05, 4.69) is 15.6 Å². The lowest BCUT2D eigenvalue weighted by Crippen LogP contribution is -2.36. The lowest BCUT2D eigenvalue weighted by atomic mass is 10.1. The topological polar surface area (TPSA) is 113 Å². The first-order valence-corrected chi connectivity index (χ1v) is 6.85. The van der Waals surface area contributed by atoms with Gasteiger partial charge in [-0.2, -0.15) is 0 Å². The van der Waals surface area contributed by atoms with Crippen LogP contribution in [0.2, 0.25) is 0 Å². The Balaban J connectivity index is 2.02. The molecule has 3 N–H and O–H groups in total. The average Bonchev–Trinajstić information content (AvgIpc) is 2.98. The van der Waals surface area contributed by atoms with Crippen molar-refractivity contribution < 1.29 is 19.5 Å². The zero-order valence-electron chi connectivity index (χ0n) is 12.4. The van der Waals surface area contributed by atoms with Crippen molar-refractivity contribution >= 4 is 23.3 Å². The largest absolute Gasteiger partial charge is 0.395 e. The van der Waals surface area contributed by atoms with E-state index in [4.69, 9.17) is 5.11 Å². The summed E-state index contributed by atoms with van der Waals surface area (Å²) in [7, 11) is 1.72. The number of benzene rings is 1. The van der Waals surface area contributed by atoms with Gasteiger partial charge in [0.2, 0.25) is 5.78 Å². The first-order valence-electron chi connectivity index (χ1n) is 6.85. The molecule has 0 radical (unpaired) electrons. The van der Waals surface area contributed by atoms with Crippen molar-refractivity contribution in [1.82, 2.24) is 14.9 Å². The number of aryl methyl sites for hydroxylation is 1. The van der Waals surface area contributed by atoms with Crippen molar-refractivity contribution in [1.29, 1.82) is 0 Å². The van der Waals surface area contributed by atoms with Crippen LogP contribution in [0.4, 0.5) is 5.69 Å². The summed E-state index contributed by atoms with van der Waals surface area (Å²) in [6.07, 6.45) is 3.21. The molecule has 8 nitrogen and oxygen atoms in total. The summed E-state index contributed by atoms with van der Waals surface area (Å²) in [5, 5.41) is 13.2. The number of aliphatic hydroxyl groups is 1. The van der Waals surface area contributed by atoms with Crippen LogP contribution in [0.1, 0.15) is 16.2 Å². The van der Waals surface area contributed by atoms with Crippen molar-refractivity contribution in [3.63, 3.8) is 0 Å². The predicted molar refractivity (Wildman–Crippen MR) is 81.8 cm³/mol. The van der Waals surface area contributed by atoms with Gasteiger partial charge in [0, 0.05) is 37.2 Å². The molecule has 0 atom stereocenters. The van der Waals surface area contributed by atoms with Gasteiger partial charge in [-0.1, -0.05) is 0 Å². The summed E-state index contributed by atoms with van der Waals surface area (Å²) >= 11 is 0. The number of anilines is 1. The minimum atomic E-state index is -0.846. The lowest BCUT2D eigenvalue weighted by molar-refractivity contribution is -0.136. The number of carbonyl (C=O) groups is 3. The maximum atomic E-state index is 12.2.